The molecular formula is C13H23N3O. The maximum Gasteiger partial charge on any atom is 0.0952 e. The Labute approximate surface area is 103 Å². The van der Waals surface area contributed by atoms with Crippen molar-refractivity contribution in [1.82, 2.24) is 14.9 Å². The van der Waals surface area contributed by atoms with Gasteiger partial charge < -0.3 is 14.6 Å². The fourth-order valence-corrected chi connectivity index (χ4v) is 2.40. The van der Waals surface area contributed by atoms with Gasteiger partial charge in [0.2, 0.25) is 0 Å². The van der Waals surface area contributed by atoms with Crippen LogP contribution in [-0.2, 0) is 10.3 Å². The summed E-state index contributed by atoms with van der Waals surface area (Å²) in [6, 6.07) is 0.350. The molecular weight excluding hydrogens is 214 g/mol. The van der Waals surface area contributed by atoms with Crippen molar-refractivity contribution in [3.63, 3.8) is 0 Å². The van der Waals surface area contributed by atoms with Gasteiger partial charge in [0.15, 0.2) is 0 Å². The van der Waals surface area contributed by atoms with Crippen molar-refractivity contribution < 1.29 is 4.74 Å². The van der Waals surface area contributed by atoms with Gasteiger partial charge in [-0.1, -0.05) is 0 Å². The van der Waals surface area contributed by atoms with Crippen molar-refractivity contribution in [2.75, 3.05) is 13.7 Å². The minimum absolute atomic E-state index is 0.0661. The lowest BCUT2D eigenvalue weighted by Crippen LogP contribution is -2.37. The number of ether oxygens (including phenoxy) is 1. The van der Waals surface area contributed by atoms with E-state index in [0.29, 0.717) is 12.1 Å². The molecule has 0 aromatic carbocycles. The van der Waals surface area contributed by atoms with E-state index in [1.165, 1.54) is 12.1 Å². The third kappa shape index (κ3) is 2.38. The zero-order chi connectivity index (χ0) is 12.5. The second-order valence-corrected chi connectivity index (χ2v) is 5.35. The molecule has 0 aliphatic carbocycles. The highest BCUT2D eigenvalue weighted by atomic mass is 16.5. The molecule has 1 N–H and O–H groups in total. The normalized spacial score (nSPS) is 22.9. The quantitative estimate of drug-likeness (QED) is 0.871. The van der Waals surface area contributed by atoms with Crippen molar-refractivity contribution in [1.29, 1.82) is 0 Å². The second kappa shape index (κ2) is 4.78. The number of hydrogen-bond acceptors (Lipinski definition) is 3. The van der Waals surface area contributed by atoms with Crippen LogP contribution in [0.2, 0.25) is 0 Å². The molecule has 17 heavy (non-hydrogen) atoms. The first-order valence-electron chi connectivity index (χ1n) is 6.39. The lowest BCUT2D eigenvalue weighted by molar-refractivity contribution is 0.0711. The van der Waals surface area contributed by atoms with E-state index in [1.807, 2.05) is 19.6 Å². The van der Waals surface area contributed by atoms with E-state index in [1.54, 1.807) is 0 Å². The maximum atomic E-state index is 5.77. The van der Waals surface area contributed by atoms with E-state index >= 15 is 0 Å². The Balaban J connectivity index is 2.23. The Morgan fingerprint density at radius 2 is 2.35 bits per heavy atom. The van der Waals surface area contributed by atoms with Gasteiger partial charge >= 0.3 is 0 Å². The van der Waals surface area contributed by atoms with E-state index in [0.717, 1.165) is 13.0 Å². The number of aromatic nitrogens is 2. The third-order valence-electron chi connectivity index (χ3n) is 3.87. The topological polar surface area (TPSA) is 39.1 Å². The Morgan fingerprint density at radius 3 is 2.94 bits per heavy atom. The summed E-state index contributed by atoms with van der Waals surface area (Å²) >= 11 is 0. The molecule has 1 aromatic heterocycles. The van der Waals surface area contributed by atoms with Gasteiger partial charge in [0.1, 0.15) is 0 Å². The lowest BCUT2D eigenvalue weighted by Gasteiger charge is -2.29. The van der Waals surface area contributed by atoms with Gasteiger partial charge in [-0.15, -0.1) is 0 Å². The van der Waals surface area contributed by atoms with Crippen molar-refractivity contribution >= 4 is 0 Å². The number of hydrogen-bond donors (Lipinski definition) is 1. The van der Waals surface area contributed by atoms with Crippen LogP contribution in [0.25, 0.3) is 0 Å². The summed E-state index contributed by atoms with van der Waals surface area (Å²) in [5.74, 6) is 0. The van der Waals surface area contributed by atoms with E-state index in [-0.39, 0.29) is 5.54 Å². The highest BCUT2D eigenvalue weighted by Gasteiger charge is 2.29. The van der Waals surface area contributed by atoms with Crippen LogP contribution in [0, 0.1) is 0 Å². The largest absolute Gasteiger partial charge is 0.376 e. The van der Waals surface area contributed by atoms with E-state index in [2.05, 4.69) is 35.6 Å². The first kappa shape index (κ1) is 12.6. The maximum absolute atomic E-state index is 5.77. The molecule has 0 bridgehead atoms. The number of rotatable bonds is 4. The highest BCUT2D eigenvalue weighted by Crippen LogP contribution is 2.28. The third-order valence-corrected chi connectivity index (χ3v) is 3.87. The molecule has 1 fully saturated rings. The Morgan fingerprint density at radius 1 is 1.59 bits per heavy atom. The molecule has 2 unspecified atom stereocenters. The summed E-state index contributed by atoms with van der Waals surface area (Å²) in [6.07, 6.45) is 6.52. The van der Waals surface area contributed by atoms with Crippen LogP contribution in [0.15, 0.2) is 12.5 Å². The van der Waals surface area contributed by atoms with Crippen LogP contribution in [0.1, 0.15) is 45.3 Å². The fraction of sp³-hybridized carbons (Fsp3) is 0.769. The minimum Gasteiger partial charge on any atom is -0.376 e. The first-order valence-corrected chi connectivity index (χ1v) is 6.39. The first-order chi connectivity index (χ1) is 8.06. The number of nitrogens with zero attached hydrogens (tertiary/aromatic N) is 2. The van der Waals surface area contributed by atoms with Gasteiger partial charge in [-0.2, -0.15) is 0 Å². The summed E-state index contributed by atoms with van der Waals surface area (Å²) in [7, 11) is 1.98. The van der Waals surface area contributed by atoms with E-state index < -0.39 is 0 Å². The van der Waals surface area contributed by atoms with Crippen LogP contribution in [0.4, 0.5) is 0 Å². The molecule has 2 atom stereocenters. The van der Waals surface area contributed by atoms with Gasteiger partial charge in [0, 0.05) is 6.61 Å². The Hall–Kier alpha value is -0.870. The van der Waals surface area contributed by atoms with Crippen molar-refractivity contribution in [3.05, 3.63) is 18.2 Å². The van der Waals surface area contributed by atoms with Gasteiger partial charge in [-0.25, -0.2) is 4.98 Å². The predicted molar refractivity (Wildman–Crippen MR) is 68.0 cm³/mol. The fourth-order valence-electron chi connectivity index (χ4n) is 2.40. The van der Waals surface area contributed by atoms with Crippen LogP contribution >= 0.6 is 0 Å². The lowest BCUT2D eigenvalue weighted by atomic mass is 10.00. The van der Waals surface area contributed by atoms with Crippen LogP contribution in [0.3, 0.4) is 0 Å². The van der Waals surface area contributed by atoms with Crippen molar-refractivity contribution in [2.45, 2.75) is 51.3 Å². The SMILES string of the molecule is CNC(C)(C)c1cncn1C(C)C1CCCO1. The molecule has 4 nitrogen and oxygen atoms in total. The molecule has 2 rings (SSSR count). The summed E-state index contributed by atoms with van der Waals surface area (Å²) in [6.45, 7) is 7.45. The molecule has 1 aromatic rings. The van der Waals surface area contributed by atoms with Crippen LogP contribution in [0.5, 0.6) is 0 Å². The molecule has 96 valence electrons. The molecule has 1 aliphatic rings. The van der Waals surface area contributed by atoms with Crippen molar-refractivity contribution in [3.8, 4) is 0 Å². The molecule has 2 heterocycles. The van der Waals surface area contributed by atoms with E-state index in [4.69, 9.17) is 4.74 Å². The smallest absolute Gasteiger partial charge is 0.0952 e. The summed E-state index contributed by atoms with van der Waals surface area (Å²) in [5, 5.41) is 3.33. The molecule has 4 heteroatoms. The van der Waals surface area contributed by atoms with Gasteiger partial charge in [-0.3, -0.25) is 0 Å². The molecule has 0 amide bonds. The van der Waals surface area contributed by atoms with Crippen molar-refractivity contribution in [2.24, 2.45) is 0 Å². The summed E-state index contributed by atoms with van der Waals surface area (Å²) in [5.41, 5.74) is 1.15. The predicted octanol–water partition coefficient (Wildman–Crippen LogP) is 2.08. The standard InChI is InChI=1S/C13H23N3O/c1-10(11-6-5-7-17-11)16-9-15-8-12(16)13(2,3)14-4/h8-11,14H,5-7H2,1-4H3. The monoisotopic (exact) mass is 237 g/mol. The number of nitrogens with one attached hydrogen (secondary N) is 1. The Bertz CT molecular complexity index is 366. The van der Waals surface area contributed by atoms with Crippen LogP contribution < -0.4 is 5.32 Å². The average molecular weight is 237 g/mol. The second-order valence-electron chi connectivity index (χ2n) is 5.35. The zero-order valence-electron chi connectivity index (χ0n) is 11.2. The average Bonchev–Trinajstić information content (AvgIpc) is 2.99. The van der Waals surface area contributed by atoms with Gasteiger partial charge in [0.05, 0.1) is 35.9 Å². The van der Waals surface area contributed by atoms with Gasteiger partial charge in [0.25, 0.3) is 0 Å². The number of imidazole rings is 1. The highest BCUT2D eigenvalue weighted by molar-refractivity contribution is 5.12. The van der Waals surface area contributed by atoms with Crippen LogP contribution in [-0.4, -0.2) is 29.3 Å². The molecule has 0 spiro atoms. The molecule has 1 aliphatic heterocycles. The molecule has 0 saturated carbocycles. The summed E-state index contributed by atoms with van der Waals surface area (Å²) in [4.78, 5) is 4.30. The van der Waals surface area contributed by atoms with E-state index in [9.17, 15) is 0 Å². The molecule has 0 radical (unpaired) electrons. The zero-order valence-corrected chi connectivity index (χ0v) is 11.2. The Kier molecular flexibility index (Phi) is 3.54. The summed E-state index contributed by atoms with van der Waals surface area (Å²) < 4.78 is 8.01. The minimum atomic E-state index is -0.0661. The molecule has 1 saturated heterocycles. The van der Waals surface area contributed by atoms with Gasteiger partial charge in [-0.05, 0) is 40.7 Å².